The maximum absolute atomic E-state index is 13.7. The minimum absolute atomic E-state index is 0.0922. The summed E-state index contributed by atoms with van der Waals surface area (Å²) in [7, 11) is 1.78. The van der Waals surface area contributed by atoms with E-state index in [4.69, 9.17) is 10.5 Å². The molecule has 1 fully saturated rings. The van der Waals surface area contributed by atoms with E-state index < -0.39 is 0 Å². The van der Waals surface area contributed by atoms with Crippen molar-refractivity contribution >= 4 is 17.5 Å². The number of fused-ring (bicyclic) bond motifs is 1. The Bertz CT molecular complexity index is 636. The molecule has 1 aromatic rings. The van der Waals surface area contributed by atoms with Crippen LogP contribution in [0.25, 0.3) is 6.08 Å². The van der Waals surface area contributed by atoms with Crippen LogP contribution >= 0.6 is 0 Å². The molecule has 1 aromatic carbocycles. The first-order valence-electron chi connectivity index (χ1n) is 9.16. The summed E-state index contributed by atoms with van der Waals surface area (Å²) in [5, 5.41) is 0. The Morgan fingerprint density at radius 3 is 2.68 bits per heavy atom. The van der Waals surface area contributed by atoms with Gasteiger partial charge in [0.25, 0.3) is 0 Å². The topological polar surface area (TPSA) is 41.7 Å². The maximum Gasteiger partial charge on any atom is 0.146 e. The van der Waals surface area contributed by atoms with E-state index in [1.165, 1.54) is 18.9 Å². The number of likely N-dealkylation sites (tertiary alicyclic amines) is 1. The quantitative estimate of drug-likeness (QED) is 0.829. The van der Waals surface area contributed by atoms with Crippen LogP contribution < -0.4 is 10.6 Å². The van der Waals surface area contributed by atoms with Crippen molar-refractivity contribution in [1.29, 1.82) is 0 Å². The van der Waals surface area contributed by atoms with Crippen LogP contribution in [-0.2, 0) is 4.74 Å². The van der Waals surface area contributed by atoms with Crippen LogP contribution in [0.4, 0.5) is 15.8 Å². The van der Waals surface area contributed by atoms with Gasteiger partial charge < -0.3 is 20.3 Å². The van der Waals surface area contributed by atoms with Crippen LogP contribution in [0.1, 0.15) is 32.3 Å². The van der Waals surface area contributed by atoms with Crippen molar-refractivity contribution in [2.24, 2.45) is 5.92 Å². The minimum Gasteiger partial charge on any atom is -0.396 e. The second-order valence-electron chi connectivity index (χ2n) is 7.88. The summed E-state index contributed by atoms with van der Waals surface area (Å²) in [5.41, 5.74) is 7.97. The van der Waals surface area contributed by atoms with E-state index in [1.54, 1.807) is 7.11 Å². The van der Waals surface area contributed by atoms with Crippen molar-refractivity contribution in [3.8, 4) is 0 Å². The average Bonchev–Trinajstić information content (AvgIpc) is 2.60. The number of halogens is 1. The van der Waals surface area contributed by atoms with E-state index in [2.05, 4.69) is 29.7 Å². The molecule has 0 radical (unpaired) electrons. The van der Waals surface area contributed by atoms with E-state index in [-0.39, 0.29) is 17.1 Å². The van der Waals surface area contributed by atoms with Gasteiger partial charge in [-0.25, -0.2) is 4.39 Å². The standard InChI is InChI=1S/C20H30FN3O/c1-20(2,25-3)14-23-11-8-15(9-12-23)13-24-10-4-5-16-18(24)7-6-17(21)19(16)22/h4-7,15H,8-14,22H2,1-3H3. The Hall–Kier alpha value is -1.59. The number of nitrogen functional groups attached to an aromatic ring is 1. The van der Waals surface area contributed by atoms with Gasteiger partial charge in [0, 0.05) is 38.0 Å². The first-order chi connectivity index (χ1) is 11.9. The van der Waals surface area contributed by atoms with E-state index in [1.807, 2.05) is 12.1 Å². The van der Waals surface area contributed by atoms with Gasteiger partial charge in [-0.2, -0.15) is 0 Å². The lowest BCUT2D eigenvalue weighted by molar-refractivity contribution is -0.0143. The van der Waals surface area contributed by atoms with Crippen molar-refractivity contribution < 1.29 is 9.13 Å². The van der Waals surface area contributed by atoms with Crippen LogP contribution in [0.2, 0.25) is 0 Å². The fourth-order valence-corrected chi connectivity index (χ4v) is 3.86. The lowest BCUT2D eigenvalue weighted by Crippen LogP contribution is -2.45. The van der Waals surface area contributed by atoms with Gasteiger partial charge in [-0.05, 0) is 57.8 Å². The van der Waals surface area contributed by atoms with Gasteiger partial charge in [-0.3, -0.25) is 0 Å². The van der Waals surface area contributed by atoms with Gasteiger partial charge >= 0.3 is 0 Å². The molecular formula is C20H30FN3O. The summed E-state index contributed by atoms with van der Waals surface area (Å²) in [6, 6.07) is 3.34. The Morgan fingerprint density at radius 1 is 1.28 bits per heavy atom. The molecule has 138 valence electrons. The zero-order valence-corrected chi connectivity index (χ0v) is 15.6. The van der Waals surface area contributed by atoms with Gasteiger partial charge in [0.05, 0.1) is 11.3 Å². The van der Waals surface area contributed by atoms with E-state index in [9.17, 15) is 4.39 Å². The van der Waals surface area contributed by atoms with Gasteiger partial charge in [0.1, 0.15) is 5.82 Å². The number of rotatable bonds is 5. The van der Waals surface area contributed by atoms with Crippen molar-refractivity contribution in [2.75, 3.05) is 50.5 Å². The summed E-state index contributed by atoms with van der Waals surface area (Å²) in [6.07, 6.45) is 6.39. The molecule has 0 bridgehead atoms. The third-order valence-corrected chi connectivity index (χ3v) is 5.50. The predicted octanol–water partition coefficient (Wildman–Crippen LogP) is 3.38. The molecule has 2 heterocycles. The van der Waals surface area contributed by atoms with Gasteiger partial charge in [0.2, 0.25) is 0 Å². The number of nitrogens with two attached hydrogens (primary N) is 1. The number of hydrogen-bond acceptors (Lipinski definition) is 4. The molecule has 0 unspecified atom stereocenters. The molecular weight excluding hydrogens is 317 g/mol. The molecule has 2 aliphatic rings. The van der Waals surface area contributed by atoms with Crippen LogP contribution in [0.3, 0.4) is 0 Å². The Balaban J connectivity index is 1.59. The minimum atomic E-state index is -0.334. The highest BCUT2D eigenvalue weighted by Crippen LogP contribution is 2.33. The second kappa shape index (κ2) is 7.34. The smallest absolute Gasteiger partial charge is 0.146 e. The van der Waals surface area contributed by atoms with Crippen LogP contribution in [0, 0.1) is 11.7 Å². The number of nitrogens with zero attached hydrogens (tertiary/aromatic N) is 2. The lowest BCUT2D eigenvalue weighted by Gasteiger charge is -2.39. The molecule has 0 aromatic heterocycles. The van der Waals surface area contributed by atoms with Crippen LogP contribution in [0.15, 0.2) is 18.2 Å². The SMILES string of the molecule is COC(C)(C)CN1CCC(CN2CC=Cc3c2ccc(F)c3N)CC1. The second-order valence-corrected chi connectivity index (χ2v) is 7.88. The first kappa shape index (κ1) is 18.2. The summed E-state index contributed by atoms with van der Waals surface area (Å²) in [6.45, 7) is 9.35. The Labute approximate surface area is 150 Å². The van der Waals surface area contributed by atoms with Gasteiger partial charge in [0.15, 0.2) is 0 Å². The summed E-state index contributed by atoms with van der Waals surface area (Å²) >= 11 is 0. The average molecular weight is 347 g/mol. The number of benzene rings is 1. The molecule has 0 saturated carbocycles. The highest BCUT2D eigenvalue weighted by Gasteiger charge is 2.27. The Morgan fingerprint density at radius 2 is 2.00 bits per heavy atom. The molecule has 0 atom stereocenters. The fraction of sp³-hybridized carbons (Fsp3) is 0.600. The monoisotopic (exact) mass is 347 g/mol. The molecule has 25 heavy (non-hydrogen) atoms. The maximum atomic E-state index is 13.7. The zero-order chi connectivity index (χ0) is 18.0. The fourth-order valence-electron chi connectivity index (χ4n) is 3.86. The number of hydrogen-bond donors (Lipinski definition) is 1. The van der Waals surface area contributed by atoms with E-state index in [0.717, 1.165) is 44.0 Å². The summed E-state index contributed by atoms with van der Waals surface area (Å²) < 4.78 is 19.3. The Kier molecular flexibility index (Phi) is 5.35. The van der Waals surface area contributed by atoms with Crippen molar-refractivity contribution in [1.82, 2.24) is 4.90 Å². The van der Waals surface area contributed by atoms with Crippen molar-refractivity contribution in [3.63, 3.8) is 0 Å². The molecule has 3 rings (SSSR count). The number of piperidine rings is 1. The van der Waals surface area contributed by atoms with E-state index in [0.29, 0.717) is 5.92 Å². The molecule has 2 N–H and O–H groups in total. The predicted molar refractivity (Wildman–Crippen MR) is 102 cm³/mol. The first-order valence-corrected chi connectivity index (χ1v) is 9.16. The molecule has 0 aliphatic carbocycles. The number of ether oxygens (including phenoxy) is 1. The van der Waals surface area contributed by atoms with Crippen LogP contribution in [0.5, 0.6) is 0 Å². The van der Waals surface area contributed by atoms with Gasteiger partial charge in [-0.1, -0.05) is 12.2 Å². The molecule has 5 heteroatoms. The normalized spacial score (nSPS) is 19.3. The molecule has 0 spiro atoms. The molecule has 2 aliphatic heterocycles. The van der Waals surface area contributed by atoms with Gasteiger partial charge in [-0.15, -0.1) is 0 Å². The molecule has 1 saturated heterocycles. The zero-order valence-electron chi connectivity index (χ0n) is 15.6. The lowest BCUT2D eigenvalue weighted by atomic mass is 9.94. The van der Waals surface area contributed by atoms with Crippen molar-refractivity contribution in [2.45, 2.75) is 32.3 Å². The number of methoxy groups -OCH3 is 1. The summed E-state index contributed by atoms with van der Waals surface area (Å²) in [5.74, 6) is 0.326. The number of anilines is 2. The third-order valence-electron chi connectivity index (χ3n) is 5.50. The summed E-state index contributed by atoms with van der Waals surface area (Å²) in [4.78, 5) is 4.84. The van der Waals surface area contributed by atoms with E-state index >= 15 is 0 Å². The largest absolute Gasteiger partial charge is 0.396 e. The van der Waals surface area contributed by atoms with Crippen molar-refractivity contribution in [3.05, 3.63) is 29.6 Å². The highest BCUT2D eigenvalue weighted by molar-refractivity contribution is 5.80. The third kappa shape index (κ3) is 4.15. The van der Waals surface area contributed by atoms with Crippen LogP contribution in [-0.4, -0.2) is 50.3 Å². The highest BCUT2D eigenvalue weighted by atomic mass is 19.1. The molecule has 4 nitrogen and oxygen atoms in total. The molecule has 0 amide bonds.